The summed E-state index contributed by atoms with van der Waals surface area (Å²) in [6.45, 7) is 2.79. The zero-order chi connectivity index (χ0) is 20.7. The Labute approximate surface area is 166 Å². The molecule has 1 amide bonds. The third kappa shape index (κ3) is 5.14. The van der Waals surface area contributed by atoms with E-state index < -0.39 is 11.8 Å². The van der Waals surface area contributed by atoms with Crippen LogP contribution in [0.3, 0.4) is 0 Å². The van der Waals surface area contributed by atoms with Crippen LogP contribution < -0.4 is 15.0 Å². The van der Waals surface area contributed by atoms with Gasteiger partial charge in [0.25, 0.3) is 0 Å². The van der Waals surface area contributed by atoms with E-state index in [-0.39, 0.29) is 5.91 Å². The standard InChI is InChI=1S/C20H32N2O6/c1-20(25)19(24)15-12-17(28-3)16(27-2)11-14(15)13-22(20)10-8-6-4-5-7-9-18(23)21-26/h11-12,19,24-26H,4-10,13H2,1-3H3,(H,21,23). The summed E-state index contributed by atoms with van der Waals surface area (Å²) in [6.07, 6.45) is 3.73. The fourth-order valence-corrected chi connectivity index (χ4v) is 3.64. The van der Waals surface area contributed by atoms with Gasteiger partial charge in [0.1, 0.15) is 11.8 Å². The maximum absolute atomic E-state index is 11.0. The molecule has 0 spiro atoms. The van der Waals surface area contributed by atoms with Gasteiger partial charge in [-0.2, -0.15) is 0 Å². The molecule has 0 saturated heterocycles. The Kier molecular flexibility index (Phi) is 8.06. The van der Waals surface area contributed by atoms with Gasteiger partial charge in [0.15, 0.2) is 11.5 Å². The molecule has 158 valence electrons. The van der Waals surface area contributed by atoms with Crippen molar-refractivity contribution in [2.45, 2.75) is 63.8 Å². The quantitative estimate of drug-likeness (QED) is 0.272. The predicted octanol–water partition coefficient (Wildman–Crippen LogP) is 2.11. The van der Waals surface area contributed by atoms with Gasteiger partial charge in [-0.1, -0.05) is 19.3 Å². The molecule has 0 saturated carbocycles. The normalized spacial score (nSPS) is 21.9. The van der Waals surface area contributed by atoms with Crippen LogP contribution >= 0.6 is 0 Å². The number of benzene rings is 1. The molecule has 28 heavy (non-hydrogen) atoms. The first-order chi connectivity index (χ1) is 13.3. The van der Waals surface area contributed by atoms with Crippen molar-refractivity contribution in [2.75, 3.05) is 20.8 Å². The minimum absolute atomic E-state index is 0.325. The summed E-state index contributed by atoms with van der Waals surface area (Å²) >= 11 is 0. The first-order valence-electron chi connectivity index (χ1n) is 9.68. The first-order valence-corrected chi connectivity index (χ1v) is 9.68. The van der Waals surface area contributed by atoms with Gasteiger partial charge in [-0.25, -0.2) is 5.48 Å². The molecule has 2 unspecified atom stereocenters. The van der Waals surface area contributed by atoms with Crippen LogP contribution in [0.25, 0.3) is 0 Å². The Balaban J connectivity index is 1.93. The molecule has 2 rings (SSSR count). The van der Waals surface area contributed by atoms with E-state index in [1.54, 1.807) is 32.7 Å². The van der Waals surface area contributed by atoms with E-state index >= 15 is 0 Å². The number of nitrogens with one attached hydrogen (secondary N) is 1. The van der Waals surface area contributed by atoms with E-state index in [4.69, 9.17) is 14.7 Å². The number of rotatable bonds is 10. The highest BCUT2D eigenvalue weighted by atomic mass is 16.5. The Morgan fingerprint density at radius 1 is 1.18 bits per heavy atom. The lowest BCUT2D eigenvalue weighted by molar-refractivity contribution is -0.183. The zero-order valence-corrected chi connectivity index (χ0v) is 16.9. The van der Waals surface area contributed by atoms with Gasteiger partial charge in [0.05, 0.1) is 14.2 Å². The molecule has 1 heterocycles. The van der Waals surface area contributed by atoms with Gasteiger partial charge < -0.3 is 19.7 Å². The molecule has 0 bridgehead atoms. The number of carbonyl (C=O) groups is 1. The largest absolute Gasteiger partial charge is 0.493 e. The van der Waals surface area contributed by atoms with Crippen molar-refractivity contribution < 1.29 is 29.7 Å². The number of unbranched alkanes of at least 4 members (excludes halogenated alkanes) is 4. The molecule has 1 aromatic carbocycles. The maximum Gasteiger partial charge on any atom is 0.243 e. The number of ether oxygens (including phenoxy) is 2. The molecule has 1 aliphatic heterocycles. The number of aliphatic hydroxyl groups is 2. The molecule has 4 N–H and O–H groups in total. The molecule has 1 aromatic rings. The highest BCUT2D eigenvalue weighted by Crippen LogP contribution is 2.42. The lowest BCUT2D eigenvalue weighted by atomic mass is 9.88. The van der Waals surface area contributed by atoms with Crippen molar-refractivity contribution >= 4 is 5.91 Å². The summed E-state index contributed by atoms with van der Waals surface area (Å²) in [7, 11) is 3.11. The van der Waals surface area contributed by atoms with E-state index in [9.17, 15) is 15.0 Å². The molecule has 8 heteroatoms. The van der Waals surface area contributed by atoms with Crippen LogP contribution in [0.2, 0.25) is 0 Å². The predicted molar refractivity (Wildman–Crippen MR) is 103 cm³/mol. The number of nitrogens with zero attached hydrogens (tertiary/aromatic N) is 1. The highest BCUT2D eigenvalue weighted by Gasteiger charge is 2.43. The number of amides is 1. The Bertz CT molecular complexity index is 664. The summed E-state index contributed by atoms with van der Waals surface area (Å²) in [6, 6.07) is 3.58. The lowest BCUT2D eigenvalue weighted by Gasteiger charge is -2.45. The van der Waals surface area contributed by atoms with Crippen molar-refractivity contribution in [2.24, 2.45) is 0 Å². The summed E-state index contributed by atoms with van der Waals surface area (Å²) in [4.78, 5) is 12.8. The molecular weight excluding hydrogens is 364 g/mol. The van der Waals surface area contributed by atoms with Crippen LogP contribution in [0.15, 0.2) is 12.1 Å². The van der Waals surface area contributed by atoms with Gasteiger partial charge in [-0.05, 0) is 43.0 Å². The van der Waals surface area contributed by atoms with Crippen LogP contribution in [-0.4, -0.2) is 52.7 Å². The van der Waals surface area contributed by atoms with Crippen molar-refractivity contribution in [3.63, 3.8) is 0 Å². The van der Waals surface area contributed by atoms with Crippen LogP contribution in [0.1, 0.15) is 62.7 Å². The smallest absolute Gasteiger partial charge is 0.243 e. The fourth-order valence-electron chi connectivity index (χ4n) is 3.64. The number of carbonyl (C=O) groups excluding carboxylic acids is 1. The van der Waals surface area contributed by atoms with Crippen LogP contribution in [-0.2, 0) is 11.3 Å². The summed E-state index contributed by atoms with van der Waals surface area (Å²) in [5.74, 6) is 0.769. The van der Waals surface area contributed by atoms with Gasteiger partial charge >= 0.3 is 0 Å². The van der Waals surface area contributed by atoms with E-state index in [1.807, 2.05) is 11.0 Å². The van der Waals surface area contributed by atoms with Crippen LogP contribution in [0, 0.1) is 0 Å². The first kappa shape index (κ1) is 22.4. The Hall–Kier alpha value is -1.87. The number of hydrogen-bond donors (Lipinski definition) is 4. The molecule has 2 atom stereocenters. The molecule has 0 radical (unpaired) electrons. The molecular formula is C20H32N2O6. The van der Waals surface area contributed by atoms with Crippen LogP contribution in [0.5, 0.6) is 11.5 Å². The molecule has 1 aliphatic rings. The van der Waals surface area contributed by atoms with Crippen molar-refractivity contribution in [3.05, 3.63) is 23.3 Å². The van der Waals surface area contributed by atoms with Crippen LogP contribution in [0.4, 0.5) is 0 Å². The van der Waals surface area contributed by atoms with Crippen molar-refractivity contribution in [1.82, 2.24) is 10.4 Å². The van der Waals surface area contributed by atoms with Gasteiger partial charge in [-0.15, -0.1) is 0 Å². The number of fused-ring (bicyclic) bond motifs is 1. The second-order valence-corrected chi connectivity index (χ2v) is 7.38. The second-order valence-electron chi connectivity index (χ2n) is 7.38. The third-order valence-corrected chi connectivity index (χ3v) is 5.42. The number of hydrogen-bond acceptors (Lipinski definition) is 7. The Morgan fingerprint density at radius 2 is 1.79 bits per heavy atom. The summed E-state index contributed by atoms with van der Waals surface area (Å²) in [5.41, 5.74) is 1.83. The minimum Gasteiger partial charge on any atom is -0.493 e. The van der Waals surface area contributed by atoms with E-state index in [0.29, 0.717) is 36.6 Å². The fraction of sp³-hybridized carbons (Fsp3) is 0.650. The van der Waals surface area contributed by atoms with Crippen molar-refractivity contribution in [3.8, 4) is 11.5 Å². The van der Waals surface area contributed by atoms with Gasteiger partial charge in [0.2, 0.25) is 5.91 Å². The van der Waals surface area contributed by atoms with Gasteiger partial charge in [0, 0.05) is 19.5 Å². The molecule has 0 aromatic heterocycles. The van der Waals surface area contributed by atoms with Crippen molar-refractivity contribution in [1.29, 1.82) is 0 Å². The monoisotopic (exact) mass is 396 g/mol. The molecule has 8 nitrogen and oxygen atoms in total. The summed E-state index contributed by atoms with van der Waals surface area (Å²) < 4.78 is 10.7. The Morgan fingerprint density at radius 3 is 2.43 bits per heavy atom. The molecule has 0 aliphatic carbocycles. The van der Waals surface area contributed by atoms with E-state index in [0.717, 1.165) is 37.7 Å². The highest BCUT2D eigenvalue weighted by molar-refractivity contribution is 5.74. The SMILES string of the molecule is COc1cc2c(cc1OC)C(O)C(C)(O)N(CCCCCCCC(=O)NO)C2. The lowest BCUT2D eigenvalue weighted by Crippen LogP contribution is -2.53. The van der Waals surface area contributed by atoms with Gasteiger partial charge in [-0.3, -0.25) is 14.9 Å². The summed E-state index contributed by atoms with van der Waals surface area (Å²) in [5, 5.41) is 30.1. The average Bonchev–Trinajstić information content (AvgIpc) is 2.69. The van der Waals surface area contributed by atoms with E-state index in [2.05, 4.69) is 0 Å². The topological polar surface area (TPSA) is 111 Å². The average molecular weight is 396 g/mol. The van der Waals surface area contributed by atoms with E-state index in [1.165, 1.54) is 0 Å². The number of methoxy groups -OCH3 is 2. The molecule has 0 fully saturated rings. The second kappa shape index (κ2) is 10.1. The number of aliphatic hydroxyl groups excluding tert-OH is 1. The third-order valence-electron chi connectivity index (χ3n) is 5.42. The number of hydroxylamine groups is 1. The zero-order valence-electron chi connectivity index (χ0n) is 16.9. The maximum atomic E-state index is 11.0. The minimum atomic E-state index is -1.37.